The largest absolute Gasteiger partial charge is 0.477 e. The first-order chi connectivity index (χ1) is 22.0. The standard InChI is InChI=1S/C34H37N7O4/c42-31(36-20-24-8-3-1-4-9-24)18-26-13-16-40-22-27(26)14-17-45-33-29(12-7-15-35-33)32(43)37-30(34(40)44)19-28-23-41(39-38-28)21-25-10-5-2-6-11-25/h1-12,15,23,26-27,30H,13-14,16-22H2,(H,36,42)(H,37,43)/t26-,27-,30+/m0/s1. The Labute approximate surface area is 262 Å². The zero-order valence-corrected chi connectivity index (χ0v) is 25.0. The van der Waals surface area contributed by atoms with E-state index in [1.165, 1.54) is 0 Å². The Kier molecular flexibility index (Phi) is 9.43. The van der Waals surface area contributed by atoms with Gasteiger partial charge in [-0.1, -0.05) is 65.9 Å². The third-order valence-electron chi connectivity index (χ3n) is 8.52. The van der Waals surface area contributed by atoms with Crippen LogP contribution in [0.25, 0.3) is 0 Å². The Morgan fingerprint density at radius 1 is 0.978 bits per heavy atom. The SMILES string of the molecule is O=C(C[C@@H]1CCN2C[C@@H]1CCOc1ncccc1C(=O)N[C@H](Cc1cn(Cc3ccccc3)nn1)C2=O)NCc1ccccc1. The van der Waals surface area contributed by atoms with Crippen molar-refractivity contribution in [1.29, 1.82) is 0 Å². The quantitative estimate of drug-likeness (QED) is 0.315. The topological polar surface area (TPSA) is 131 Å². The molecule has 2 aromatic carbocycles. The number of nitrogens with one attached hydrogen (secondary N) is 2. The van der Waals surface area contributed by atoms with Crippen LogP contribution in [0.1, 0.15) is 46.4 Å². The Balaban J connectivity index is 1.18. The average molecular weight is 608 g/mol. The maximum Gasteiger partial charge on any atom is 0.257 e. The summed E-state index contributed by atoms with van der Waals surface area (Å²) in [6.45, 7) is 2.31. The maximum absolute atomic E-state index is 14.1. The molecule has 2 aliphatic rings. The summed E-state index contributed by atoms with van der Waals surface area (Å²) in [7, 11) is 0. The number of nitrogens with zero attached hydrogens (tertiary/aromatic N) is 5. The van der Waals surface area contributed by atoms with Crippen molar-refractivity contribution in [3.8, 4) is 5.88 Å². The second kappa shape index (κ2) is 14.1. The van der Waals surface area contributed by atoms with Gasteiger partial charge < -0.3 is 20.3 Å². The number of piperidine rings is 1. The number of pyridine rings is 1. The van der Waals surface area contributed by atoms with E-state index in [9.17, 15) is 14.4 Å². The first-order valence-corrected chi connectivity index (χ1v) is 15.4. The molecule has 0 spiro atoms. The van der Waals surface area contributed by atoms with E-state index >= 15 is 0 Å². The molecule has 0 unspecified atom stereocenters. The number of hydrogen-bond acceptors (Lipinski definition) is 7. The second-order valence-electron chi connectivity index (χ2n) is 11.7. The number of rotatable bonds is 8. The molecule has 2 N–H and O–H groups in total. The molecule has 0 saturated carbocycles. The highest BCUT2D eigenvalue weighted by Crippen LogP contribution is 2.31. The number of aromatic nitrogens is 4. The van der Waals surface area contributed by atoms with Crippen LogP contribution < -0.4 is 15.4 Å². The highest BCUT2D eigenvalue weighted by molar-refractivity contribution is 5.99. The molecule has 2 aromatic heterocycles. The fourth-order valence-corrected chi connectivity index (χ4v) is 6.11. The van der Waals surface area contributed by atoms with Crippen molar-refractivity contribution < 1.29 is 19.1 Å². The predicted octanol–water partition coefficient (Wildman–Crippen LogP) is 3.02. The minimum absolute atomic E-state index is 0.00796. The van der Waals surface area contributed by atoms with Crippen molar-refractivity contribution in [2.45, 2.75) is 44.8 Å². The lowest BCUT2D eigenvalue weighted by Crippen LogP contribution is -2.54. The molecule has 232 valence electrons. The molecule has 0 aliphatic carbocycles. The Bertz CT molecular complexity index is 1610. The fourth-order valence-electron chi connectivity index (χ4n) is 6.11. The number of carbonyl (C=O) groups excluding carboxylic acids is 3. The molecule has 3 atom stereocenters. The van der Waals surface area contributed by atoms with Gasteiger partial charge in [0.05, 0.1) is 18.8 Å². The molecule has 3 amide bonds. The van der Waals surface area contributed by atoms with Gasteiger partial charge >= 0.3 is 0 Å². The summed E-state index contributed by atoms with van der Waals surface area (Å²) in [5.41, 5.74) is 2.99. The molecule has 0 radical (unpaired) electrons. The normalized spacial score (nSPS) is 20.2. The summed E-state index contributed by atoms with van der Waals surface area (Å²) in [4.78, 5) is 46.6. The van der Waals surface area contributed by atoms with Crippen LogP contribution in [0.2, 0.25) is 0 Å². The lowest BCUT2D eigenvalue weighted by molar-refractivity contribution is -0.136. The van der Waals surface area contributed by atoms with E-state index in [1.807, 2.05) is 71.8 Å². The summed E-state index contributed by atoms with van der Waals surface area (Å²) in [6, 6.07) is 22.2. The van der Waals surface area contributed by atoms with Gasteiger partial charge in [-0.2, -0.15) is 0 Å². The molecule has 11 heteroatoms. The van der Waals surface area contributed by atoms with Crippen LogP contribution in [-0.4, -0.2) is 68.3 Å². The third kappa shape index (κ3) is 7.72. The Hall–Kier alpha value is -5.06. The predicted molar refractivity (Wildman–Crippen MR) is 166 cm³/mol. The van der Waals surface area contributed by atoms with Crippen LogP contribution >= 0.6 is 0 Å². The molecule has 6 rings (SSSR count). The van der Waals surface area contributed by atoms with E-state index < -0.39 is 11.9 Å². The molecular formula is C34H37N7O4. The van der Waals surface area contributed by atoms with Crippen LogP contribution in [0.4, 0.5) is 0 Å². The van der Waals surface area contributed by atoms with Gasteiger partial charge in [-0.15, -0.1) is 5.10 Å². The molecule has 2 aliphatic heterocycles. The summed E-state index contributed by atoms with van der Waals surface area (Å²) in [6.07, 6.45) is 5.24. The number of fused-ring (bicyclic) bond motifs is 3. The lowest BCUT2D eigenvalue weighted by Gasteiger charge is -2.40. The van der Waals surface area contributed by atoms with Crippen molar-refractivity contribution >= 4 is 17.7 Å². The number of benzene rings is 2. The fraction of sp³-hybridized carbons (Fsp3) is 0.353. The Morgan fingerprint density at radius 3 is 2.56 bits per heavy atom. The highest BCUT2D eigenvalue weighted by Gasteiger charge is 2.36. The first-order valence-electron chi connectivity index (χ1n) is 15.4. The van der Waals surface area contributed by atoms with E-state index in [1.54, 1.807) is 23.0 Å². The molecular weight excluding hydrogens is 570 g/mol. The van der Waals surface area contributed by atoms with Gasteiger partial charge in [0.25, 0.3) is 5.91 Å². The summed E-state index contributed by atoms with van der Waals surface area (Å²) < 4.78 is 7.75. The minimum atomic E-state index is -0.863. The number of hydrogen-bond donors (Lipinski definition) is 2. The van der Waals surface area contributed by atoms with Crippen molar-refractivity contribution in [1.82, 2.24) is 35.5 Å². The molecule has 2 bridgehead atoms. The van der Waals surface area contributed by atoms with E-state index in [4.69, 9.17) is 4.74 Å². The van der Waals surface area contributed by atoms with Crippen molar-refractivity contribution in [2.24, 2.45) is 11.8 Å². The molecule has 45 heavy (non-hydrogen) atoms. The smallest absolute Gasteiger partial charge is 0.257 e. The van der Waals surface area contributed by atoms with Gasteiger partial charge in [-0.25, -0.2) is 9.67 Å². The summed E-state index contributed by atoms with van der Waals surface area (Å²) in [5.74, 6) is -0.266. The van der Waals surface area contributed by atoms with Crippen LogP contribution in [0.3, 0.4) is 0 Å². The highest BCUT2D eigenvalue weighted by atomic mass is 16.5. The third-order valence-corrected chi connectivity index (χ3v) is 8.52. The van der Waals surface area contributed by atoms with Crippen LogP contribution in [0.15, 0.2) is 85.2 Å². The van der Waals surface area contributed by atoms with Gasteiger partial charge in [-0.3, -0.25) is 14.4 Å². The zero-order valence-electron chi connectivity index (χ0n) is 25.0. The average Bonchev–Trinajstić information content (AvgIpc) is 3.51. The zero-order chi connectivity index (χ0) is 31.0. The van der Waals surface area contributed by atoms with Gasteiger partial charge in [0, 0.05) is 44.9 Å². The van der Waals surface area contributed by atoms with E-state index in [0.29, 0.717) is 57.7 Å². The van der Waals surface area contributed by atoms with E-state index in [0.717, 1.165) is 11.1 Å². The Morgan fingerprint density at radius 2 is 1.76 bits per heavy atom. The van der Waals surface area contributed by atoms with E-state index in [-0.39, 0.29) is 41.5 Å². The minimum Gasteiger partial charge on any atom is -0.477 e. The molecule has 1 saturated heterocycles. The van der Waals surface area contributed by atoms with Crippen molar-refractivity contribution in [2.75, 3.05) is 19.7 Å². The van der Waals surface area contributed by atoms with E-state index in [2.05, 4.69) is 25.9 Å². The molecule has 11 nitrogen and oxygen atoms in total. The van der Waals surface area contributed by atoms with Gasteiger partial charge in [0.2, 0.25) is 17.7 Å². The first kappa shape index (κ1) is 30.0. The van der Waals surface area contributed by atoms with Crippen LogP contribution in [0, 0.1) is 11.8 Å². The number of ether oxygens (including phenoxy) is 1. The van der Waals surface area contributed by atoms with Crippen LogP contribution in [-0.2, 0) is 29.1 Å². The molecule has 4 aromatic rings. The lowest BCUT2D eigenvalue weighted by atomic mass is 9.80. The maximum atomic E-state index is 14.1. The molecule has 1 fully saturated rings. The van der Waals surface area contributed by atoms with Crippen LogP contribution in [0.5, 0.6) is 5.88 Å². The van der Waals surface area contributed by atoms with Crippen molar-refractivity contribution in [3.63, 3.8) is 0 Å². The van der Waals surface area contributed by atoms with Gasteiger partial charge in [0.1, 0.15) is 11.6 Å². The van der Waals surface area contributed by atoms with Gasteiger partial charge in [-0.05, 0) is 47.9 Å². The monoisotopic (exact) mass is 607 g/mol. The number of amides is 3. The summed E-state index contributed by atoms with van der Waals surface area (Å²) in [5, 5.41) is 14.5. The van der Waals surface area contributed by atoms with Gasteiger partial charge in [0.15, 0.2) is 0 Å². The summed E-state index contributed by atoms with van der Waals surface area (Å²) >= 11 is 0. The van der Waals surface area contributed by atoms with Crippen molar-refractivity contribution in [3.05, 3.63) is 108 Å². The number of carbonyl (C=O) groups is 3. The molecule has 4 heterocycles. The second-order valence-corrected chi connectivity index (χ2v) is 11.7.